The van der Waals surface area contributed by atoms with Crippen molar-refractivity contribution in [3.63, 3.8) is 0 Å². The van der Waals surface area contributed by atoms with E-state index in [0.29, 0.717) is 47.5 Å². The second-order valence-corrected chi connectivity index (χ2v) is 6.31. The first-order chi connectivity index (χ1) is 14.6. The van der Waals surface area contributed by atoms with Crippen LogP contribution in [0.15, 0.2) is 42.5 Å². The number of carbonyl (C=O) groups is 2. The van der Waals surface area contributed by atoms with Gasteiger partial charge in [0.25, 0.3) is 5.91 Å². The third kappa shape index (κ3) is 5.66. The molecule has 1 amide bonds. The van der Waals surface area contributed by atoms with Gasteiger partial charge in [-0.05, 0) is 36.4 Å². The van der Waals surface area contributed by atoms with Crippen LogP contribution in [0, 0.1) is 0 Å². The maximum atomic E-state index is 12.1. The summed E-state index contributed by atoms with van der Waals surface area (Å²) in [6.07, 6.45) is 3.55. The summed E-state index contributed by atoms with van der Waals surface area (Å²) < 4.78 is 26.5. The molecule has 2 aromatic rings. The lowest BCUT2D eigenvalue weighted by atomic mass is 10.1. The van der Waals surface area contributed by atoms with Crippen molar-refractivity contribution in [1.82, 2.24) is 0 Å². The van der Waals surface area contributed by atoms with Crippen LogP contribution < -0.4 is 24.3 Å². The summed E-state index contributed by atoms with van der Waals surface area (Å²) in [5.74, 6) is 1.27. The highest BCUT2D eigenvalue weighted by Crippen LogP contribution is 2.32. The lowest BCUT2D eigenvalue weighted by Crippen LogP contribution is -2.20. The Hall–Kier alpha value is -3.68. The van der Waals surface area contributed by atoms with Crippen molar-refractivity contribution in [3.8, 4) is 23.0 Å². The number of hydrogen-bond donors (Lipinski definition) is 1. The van der Waals surface area contributed by atoms with Gasteiger partial charge in [0.15, 0.2) is 18.1 Å². The van der Waals surface area contributed by atoms with Gasteiger partial charge in [-0.3, -0.25) is 4.79 Å². The van der Waals surface area contributed by atoms with Crippen molar-refractivity contribution in [1.29, 1.82) is 0 Å². The molecule has 1 N–H and O–H groups in total. The zero-order valence-electron chi connectivity index (χ0n) is 16.8. The summed E-state index contributed by atoms with van der Waals surface area (Å²) in [4.78, 5) is 24.0. The van der Waals surface area contributed by atoms with Crippen molar-refractivity contribution < 1.29 is 33.3 Å². The predicted molar refractivity (Wildman–Crippen MR) is 110 cm³/mol. The summed E-state index contributed by atoms with van der Waals surface area (Å²) in [6, 6.07) is 10.3. The largest absolute Gasteiger partial charge is 0.497 e. The molecule has 8 heteroatoms. The van der Waals surface area contributed by atoms with E-state index in [2.05, 4.69) is 5.32 Å². The van der Waals surface area contributed by atoms with Crippen LogP contribution in [-0.4, -0.2) is 45.9 Å². The molecule has 3 rings (SSSR count). The van der Waals surface area contributed by atoms with Crippen LogP contribution in [0.1, 0.15) is 12.0 Å². The van der Waals surface area contributed by atoms with E-state index in [1.807, 2.05) is 0 Å². The molecule has 0 unspecified atom stereocenters. The van der Waals surface area contributed by atoms with E-state index in [1.165, 1.54) is 19.3 Å². The Morgan fingerprint density at radius 2 is 1.83 bits per heavy atom. The molecular weight excluding hydrogens is 390 g/mol. The van der Waals surface area contributed by atoms with E-state index in [-0.39, 0.29) is 0 Å². The van der Waals surface area contributed by atoms with Gasteiger partial charge in [0.05, 0.1) is 27.4 Å². The molecule has 0 atom stereocenters. The van der Waals surface area contributed by atoms with E-state index in [1.54, 1.807) is 43.5 Å². The minimum absolute atomic E-state index is 0.424. The Morgan fingerprint density at radius 1 is 1.03 bits per heavy atom. The number of rotatable bonds is 7. The third-order valence-electron chi connectivity index (χ3n) is 4.21. The number of anilines is 1. The minimum atomic E-state index is -0.659. The third-order valence-corrected chi connectivity index (χ3v) is 4.21. The van der Waals surface area contributed by atoms with Crippen LogP contribution in [0.4, 0.5) is 5.69 Å². The molecule has 0 aromatic heterocycles. The number of carbonyl (C=O) groups excluding carboxylic acids is 2. The van der Waals surface area contributed by atoms with E-state index in [9.17, 15) is 9.59 Å². The van der Waals surface area contributed by atoms with Gasteiger partial charge in [-0.15, -0.1) is 0 Å². The molecule has 0 radical (unpaired) electrons. The predicted octanol–water partition coefficient (Wildman–Crippen LogP) is 3.06. The van der Waals surface area contributed by atoms with Crippen molar-refractivity contribution in [3.05, 3.63) is 48.0 Å². The Morgan fingerprint density at radius 3 is 2.60 bits per heavy atom. The highest BCUT2D eigenvalue weighted by Gasteiger charge is 2.12. The van der Waals surface area contributed by atoms with E-state index in [0.717, 1.165) is 6.42 Å². The highest BCUT2D eigenvalue weighted by molar-refractivity contribution is 5.95. The molecule has 0 spiro atoms. The number of nitrogens with one attached hydrogen (secondary N) is 1. The lowest BCUT2D eigenvalue weighted by Gasteiger charge is -2.10. The topological polar surface area (TPSA) is 92.3 Å². The van der Waals surface area contributed by atoms with E-state index >= 15 is 0 Å². The molecule has 158 valence electrons. The zero-order chi connectivity index (χ0) is 21.3. The van der Waals surface area contributed by atoms with Gasteiger partial charge in [0, 0.05) is 29.8 Å². The van der Waals surface area contributed by atoms with Crippen molar-refractivity contribution >= 4 is 23.6 Å². The first kappa shape index (κ1) is 21.0. The lowest BCUT2D eigenvalue weighted by molar-refractivity contribution is -0.142. The standard InChI is InChI=1S/C22H23NO7/c1-26-17-6-8-18(27-2)15(12-17)4-9-22(25)30-14-21(24)23-16-5-7-19-20(13-16)29-11-3-10-28-19/h4-9,12-13H,3,10-11,14H2,1-2H3,(H,23,24)/b9-4+. The first-order valence-corrected chi connectivity index (χ1v) is 9.35. The van der Waals surface area contributed by atoms with Gasteiger partial charge < -0.3 is 29.0 Å². The maximum Gasteiger partial charge on any atom is 0.331 e. The molecule has 0 bridgehead atoms. The molecule has 0 saturated carbocycles. The molecule has 30 heavy (non-hydrogen) atoms. The number of methoxy groups -OCH3 is 2. The van der Waals surface area contributed by atoms with Crippen LogP contribution in [0.5, 0.6) is 23.0 Å². The molecule has 8 nitrogen and oxygen atoms in total. The Balaban J connectivity index is 1.53. The minimum Gasteiger partial charge on any atom is -0.497 e. The van der Waals surface area contributed by atoms with Gasteiger partial charge in [-0.25, -0.2) is 4.79 Å². The Bertz CT molecular complexity index is 939. The maximum absolute atomic E-state index is 12.1. The van der Waals surface area contributed by atoms with Crippen LogP contribution in [0.3, 0.4) is 0 Å². The fourth-order valence-electron chi connectivity index (χ4n) is 2.75. The number of ether oxygens (including phenoxy) is 5. The second kappa shape index (κ2) is 10.2. The number of fused-ring (bicyclic) bond motifs is 1. The van der Waals surface area contributed by atoms with Crippen LogP contribution in [0.2, 0.25) is 0 Å². The van der Waals surface area contributed by atoms with Crippen molar-refractivity contribution in [2.24, 2.45) is 0 Å². The van der Waals surface area contributed by atoms with Gasteiger partial charge >= 0.3 is 5.97 Å². The number of benzene rings is 2. The quantitative estimate of drug-likeness (QED) is 0.551. The summed E-state index contributed by atoms with van der Waals surface area (Å²) in [5, 5.41) is 2.66. The average molecular weight is 413 g/mol. The van der Waals surface area contributed by atoms with E-state index < -0.39 is 18.5 Å². The molecule has 2 aromatic carbocycles. The molecule has 0 aliphatic carbocycles. The monoisotopic (exact) mass is 413 g/mol. The van der Waals surface area contributed by atoms with Crippen LogP contribution in [-0.2, 0) is 14.3 Å². The Kier molecular flexibility index (Phi) is 7.15. The molecular formula is C22H23NO7. The smallest absolute Gasteiger partial charge is 0.331 e. The average Bonchev–Trinajstić information content (AvgIpc) is 3.01. The summed E-state index contributed by atoms with van der Waals surface area (Å²) in [5.41, 5.74) is 1.17. The van der Waals surface area contributed by atoms with Gasteiger partial charge in [0.2, 0.25) is 0 Å². The number of esters is 1. The second-order valence-electron chi connectivity index (χ2n) is 6.31. The van der Waals surface area contributed by atoms with Crippen LogP contribution in [0.25, 0.3) is 6.08 Å². The van der Waals surface area contributed by atoms with Crippen molar-refractivity contribution in [2.75, 3.05) is 39.4 Å². The summed E-state index contributed by atoms with van der Waals surface area (Å²) in [6.45, 7) is 0.711. The Labute approximate surface area is 174 Å². The molecule has 1 heterocycles. The molecule has 1 aliphatic heterocycles. The van der Waals surface area contributed by atoms with Gasteiger partial charge in [0.1, 0.15) is 11.5 Å². The van der Waals surface area contributed by atoms with E-state index in [4.69, 9.17) is 23.7 Å². The normalized spacial score (nSPS) is 12.7. The summed E-state index contributed by atoms with van der Waals surface area (Å²) >= 11 is 0. The highest BCUT2D eigenvalue weighted by atomic mass is 16.5. The number of amides is 1. The summed E-state index contributed by atoms with van der Waals surface area (Å²) in [7, 11) is 3.08. The fraction of sp³-hybridized carbons (Fsp3) is 0.273. The van der Waals surface area contributed by atoms with Crippen molar-refractivity contribution in [2.45, 2.75) is 6.42 Å². The van der Waals surface area contributed by atoms with Crippen LogP contribution >= 0.6 is 0 Å². The molecule has 1 aliphatic rings. The van der Waals surface area contributed by atoms with Gasteiger partial charge in [-0.2, -0.15) is 0 Å². The molecule has 0 fully saturated rings. The van der Waals surface area contributed by atoms with Gasteiger partial charge in [-0.1, -0.05) is 0 Å². The molecule has 0 saturated heterocycles. The first-order valence-electron chi connectivity index (χ1n) is 9.35. The fourth-order valence-corrected chi connectivity index (χ4v) is 2.75. The zero-order valence-corrected chi connectivity index (χ0v) is 16.8. The SMILES string of the molecule is COc1ccc(OC)c(/C=C/C(=O)OCC(=O)Nc2ccc3c(c2)OCCCO3)c1. The number of hydrogen-bond acceptors (Lipinski definition) is 7.